The van der Waals surface area contributed by atoms with Crippen LogP contribution in [0.2, 0.25) is 0 Å². The summed E-state index contributed by atoms with van der Waals surface area (Å²) in [5.74, 6) is 0.880. The van der Waals surface area contributed by atoms with Gasteiger partial charge in [0, 0.05) is 23.7 Å². The van der Waals surface area contributed by atoms with Crippen LogP contribution in [0.15, 0.2) is 41.2 Å². The molecule has 0 aliphatic carbocycles. The third kappa shape index (κ3) is 1.99. The minimum absolute atomic E-state index is 0.808. The molecule has 0 fully saturated rings. The van der Waals surface area contributed by atoms with E-state index >= 15 is 0 Å². The highest BCUT2D eigenvalue weighted by Crippen LogP contribution is 2.39. The Balaban J connectivity index is 1.97. The summed E-state index contributed by atoms with van der Waals surface area (Å²) in [5, 5.41) is 8.88. The molecule has 2 aromatic heterocycles. The van der Waals surface area contributed by atoms with Crippen LogP contribution in [-0.2, 0) is 0 Å². The van der Waals surface area contributed by atoms with Crippen LogP contribution in [0.5, 0.6) is 5.75 Å². The molecule has 0 bridgehead atoms. The standard InChI is InChI=1S/C17H14N2OS/c1-20-15-8-11-3-2-5-18-16(11)17-14(15)7-13(9-19-17)12-4-6-21-10-12/h2-8,10,19H,9H2,1H3. The van der Waals surface area contributed by atoms with Crippen molar-refractivity contribution in [2.75, 3.05) is 19.0 Å². The highest BCUT2D eigenvalue weighted by molar-refractivity contribution is 7.08. The second kappa shape index (κ2) is 4.90. The van der Waals surface area contributed by atoms with E-state index in [0.717, 1.165) is 34.4 Å². The lowest BCUT2D eigenvalue weighted by molar-refractivity contribution is 0.414. The Labute approximate surface area is 126 Å². The van der Waals surface area contributed by atoms with Gasteiger partial charge in [-0.1, -0.05) is 6.07 Å². The summed E-state index contributed by atoms with van der Waals surface area (Å²) in [6.45, 7) is 0.808. The van der Waals surface area contributed by atoms with Crippen molar-refractivity contribution < 1.29 is 4.74 Å². The minimum Gasteiger partial charge on any atom is -0.496 e. The van der Waals surface area contributed by atoms with Crippen molar-refractivity contribution in [3.05, 3.63) is 52.3 Å². The molecule has 21 heavy (non-hydrogen) atoms. The van der Waals surface area contributed by atoms with Crippen LogP contribution in [0, 0.1) is 0 Å². The fraction of sp³-hybridized carbons (Fsp3) is 0.118. The summed E-state index contributed by atoms with van der Waals surface area (Å²) in [6.07, 6.45) is 4.04. The van der Waals surface area contributed by atoms with E-state index in [4.69, 9.17) is 4.74 Å². The van der Waals surface area contributed by atoms with Crippen molar-refractivity contribution >= 4 is 39.6 Å². The van der Waals surface area contributed by atoms with Gasteiger partial charge in [-0.15, -0.1) is 0 Å². The molecule has 3 heterocycles. The third-order valence-electron chi connectivity index (χ3n) is 3.78. The number of rotatable bonds is 2. The fourth-order valence-corrected chi connectivity index (χ4v) is 3.43. The highest BCUT2D eigenvalue weighted by atomic mass is 32.1. The Morgan fingerprint density at radius 2 is 2.29 bits per heavy atom. The van der Waals surface area contributed by atoms with E-state index in [1.165, 1.54) is 11.1 Å². The number of benzene rings is 1. The summed E-state index contributed by atoms with van der Waals surface area (Å²) in [6, 6.07) is 8.21. The van der Waals surface area contributed by atoms with Gasteiger partial charge in [0.15, 0.2) is 0 Å². The van der Waals surface area contributed by atoms with Gasteiger partial charge in [-0.2, -0.15) is 11.3 Å². The third-order valence-corrected chi connectivity index (χ3v) is 4.47. The van der Waals surface area contributed by atoms with Gasteiger partial charge >= 0.3 is 0 Å². The van der Waals surface area contributed by atoms with Crippen LogP contribution in [0.3, 0.4) is 0 Å². The van der Waals surface area contributed by atoms with E-state index in [9.17, 15) is 0 Å². The molecule has 1 N–H and O–H groups in total. The van der Waals surface area contributed by atoms with E-state index in [1.54, 1.807) is 18.4 Å². The van der Waals surface area contributed by atoms with E-state index < -0.39 is 0 Å². The number of hydrogen-bond acceptors (Lipinski definition) is 4. The Kier molecular flexibility index (Phi) is 2.89. The highest BCUT2D eigenvalue weighted by Gasteiger charge is 2.19. The zero-order valence-corrected chi connectivity index (χ0v) is 12.4. The van der Waals surface area contributed by atoms with Crippen LogP contribution in [0.4, 0.5) is 5.69 Å². The first-order valence-electron chi connectivity index (χ1n) is 6.79. The number of nitrogens with one attached hydrogen (secondary N) is 1. The smallest absolute Gasteiger partial charge is 0.128 e. The summed E-state index contributed by atoms with van der Waals surface area (Å²) in [4.78, 5) is 4.51. The van der Waals surface area contributed by atoms with Crippen molar-refractivity contribution in [1.82, 2.24) is 4.98 Å². The maximum absolute atomic E-state index is 5.58. The van der Waals surface area contributed by atoms with Gasteiger partial charge in [0.25, 0.3) is 0 Å². The molecule has 0 spiro atoms. The van der Waals surface area contributed by atoms with E-state index in [-0.39, 0.29) is 0 Å². The summed E-state index contributed by atoms with van der Waals surface area (Å²) < 4.78 is 5.58. The van der Waals surface area contributed by atoms with Crippen LogP contribution >= 0.6 is 11.3 Å². The molecular weight excluding hydrogens is 280 g/mol. The molecule has 0 saturated heterocycles. The predicted octanol–water partition coefficient (Wildman–Crippen LogP) is 4.27. The molecule has 0 amide bonds. The molecule has 0 unspecified atom stereocenters. The summed E-state index contributed by atoms with van der Waals surface area (Å²) >= 11 is 1.71. The second-order valence-electron chi connectivity index (χ2n) is 4.98. The maximum atomic E-state index is 5.58. The van der Waals surface area contributed by atoms with Crippen LogP contribution in [-0.4, -0.2) is 18.6 Å². The number of ether oxygens (including phenoxy) is 1. The van der Waals surface area contributed by atoms with E-state index in [2.05, 4.69) is 45.3 Å². The van der Waals surface area contributed by atoms with E-state index in [1.807, 2.05) is 12.3 Å². The number of aromatic nitrogens is 1. The van der Waals surface area contributed by atoms with Crippen LogP contribution in [0.1, 0.15) is 11.1 Å². The molecule has 4 heteroatoms. The van der Waals surface area contributed by atoms with Gasteiger partial charge in [-0.05, 0) is 46.2 Å². The second-order valence-corrected chi connectivity index (χ2v) is 5.76. The first-order valence-corrected chi connectivity index (χ1v) is 7.74. The number of nitrogens with zero attached hydrogens (tertiary/aromatic N) is 1. The SMILES string of the molecule is COc1cc2cccnc2c2c1C=C(c1ccsc1)CN2. The molecule has 3 nitrogen and oxygen atoms in total. The number of thiophene rings is 1. The van der Waals surface area contributed by atoms with E-state index in [0.29, 0.717) is 0 Å². The maximum Gasteiger partial charge on any atom is 0.128 e. The zero-order valence-electron chi connectivity index (χ0n) is 11.6. The monoisotopic (exact) mass is 294 g/mol. The lowest BCUT2D eigenvalue weighted by Crippen LogP contribution is -2.11. The average molecular weight is 294 g/mol. The quantitative estimate of drug-likeness (QED) is 0.766. The zero-order chi connectivity index (χ0) is 14.2. The Hall–Kier alpha value is -2.33. The summed E-state index contributed by atoms with van der Waals surface area (Å²) in [7, 11) is 1.71. The molecule has 104 valence electrons. The van der Waals surface area contributed by atoms with Gasteiger partial charge in [0.2, 0.25) is 0 Å². The van der Waals surface area contributed by atoms with Crippen LogP contribution < -0.4 is 10.1 Å². The minimum atomic E-state index is 0.808. The van der Waals surface area contributed by atoms with Gasteiger partial charge in [-0.25, -0.2) is 0 Å². The number of fused-ring (bicyclic) bond motifs is 3. The van der Waals surface area contributed by atoms with Crippen molar-refractivity contribution in [3.8, 4) is 5.75 Å². The number of pyridine rings is 1. The van der Waals surface area contributed by atoms with Gasteiger partial charge in [0.05, 0.1) is 18.3 Å². The van der Waals surface area contributed by atoms with Crippen molar-refractivity contribution in [3.63, 3.8) is 0 Å². The fourth-order valence-electron chi connectivity index (χ4n) is 2.75. The van der Waals surface area contributed by atoms with Crippen molar-refractivity contribution in [2.24, 2.45) is 0 Å². The Morgan fingerprint density at radius 1 is 1.33 bits per heavy atom. The van der Waals surface area contributed by atoms with Gasteiger partial charge < -0.3 is 10.1 Å². The van der Waals surface area contributed by atoms with Crippen molar-refractivity contribution in [2.45, 2.75) is 0 Å². The molecule has 0 atom stereocenters. The normalized spacial score (nSPS) is 13.5. The van der Waals surface area contributed by atoms with Crippen LogP contribution in [0.25, 0.3) is 22.6 Å². The average Bonchev–Trinajstić information content (AvgIpc) is 3.08. The molecular formula is C17H14N2OS. The molecule has 1 aliphatic heterocycles. The molecule has 4 rings (SSSR count). The first kappa shape index (κ1) is 12.4. The first-order chi connectivity index (χ1) is 10.4. The molecule has 3 aromatic rings. The summed E-state index contributed by atoms with van der Waals surface area (Å²) in [5.41, 5.74) is 5.67. The molecule has 1 aromatic carbocycles. The predicted molar refractivity (Wildman–Crippen MR) is 89.0 cm³/mol. The molecule has 1 aliphatic rings. The number of hydrogen-bond donors (Lipinski definition) is 1. The molecule has 0 saturated carbocycles. The lowest BCUT2D eigenvalue weighted by atomic mass is 9.97. The lowest BCUT2D eigenvalue weighted by Gasteiger charge is -2.21. The van der Waals surface area contributed by atoms with Crippen molar-refractivity contribution in [1.29, 1.82) is 0 Å². The number of methoxy groups -OCH3 is 1. The Morgan fingerprint density at radius 3 is 3.10 bits per heavy atom. The largest absolute Gasteiger partial charge is 0.496 e. The Bertz CT molecular complexity index is 837. The van der Waals surface area contributed by atoms with Gasteiger partial charge in [-0.3, -0.25) is 4.98 Å². The van der Waals surface area contributed by atoms with Gasteiger partial charge in [0.1, 0.15) is 5.75 Å². The number of anilines is 1. The topological polar surface area (TPSA) is 34.1 Å². The molecule has 0 radical (unpaired) electrons.